The second kappa shape index (κ2) is 9.01. The molecule has 13 heteroatoms. The molecule has 4 heterocycles. The first-order valence-electron chi connectivity index (χ1n) is 12.8. The van der Waals surface area contributed by atoms with Crippen LogP contribution >= 0.6 is 0 Å². The van der Waals surface area contributed by atoms with Crippen LogP contribution in [-0.2, 0) is 14.8 Å². The predicted octanol–water partition coefficient (Wildman–Crippen LogP) is 3.01. The highest BCUT2D eigenvalue weighted by Gasteiger charge is 2.46. The van der Waals surface area contributed by atoms with E-state index in [9.17, 15) is 22.0 Å². The number of nitrogens with one attached hydrogen (secondary N) is 2. The van der Waals surface area contributed by atoms with Crippen molar-refractivity contribution in [3.63, 3.8) is 0 Å². The SMILES string of the molecule is Cc1cc(NC(=O)c2ccc(NS(=O)(=O)C3COC3)cc2N2CCC3(CC2)CC3)nc(N2CC(F)(F)C2)n1. The Balaban J connectivity index is 1.25. The fourth-order valence-electron chi connectivity index (χ4n) is 5.18. The van der Waals surface area contributed by atoms with Gasteiger partial charge in [-0.1, -0.05) is 0 Å². The van der Waals surface area contributed by atoms with Gasteiger partial charge in [0.1, 0.15) is 11.1 Å². The topological polar surface area (TPSA) is 117 Å². The van der Waals surface area contributed by atoms with Crippen molar-refractivity contribution < 1.29 is 26.7 Å². The van der Waals surface area contributed by atoms with E-state index >= 15 is 0 Å². The molecule has 3 saturated heterocycles. The van der Waals surface area contributed by atoms with Crippen LogP contribution < -0.4 is 19.8 Å². The fourth-order valence-corrected chi connectivity index (χ4v) is 6.36. The summed E-state index contributed by atoms with van der Waals surface area (Å²) in [4.78, 5) is 25.5. The summed E-state index contributed by atoms with van der Waals surface area (Å²) < 4.78 is 59.7. The first-order chi connectivity index (χ1) is 18.0. The average Bonchev–Trinajstić information content (AvgIpc) is 3.54. The van der Waals surface area contributed by atoms with Crippen molar-refractivity contribution in [2.45, 2.75) is 43.8 Å². The molecule has 1 amide bonds. The number of alkyl halides is 2. The fraction of sp³-hybridized carbons (Fsp3) is 0.560. The van der Waals surface area contributed by atoms with Crippen LogP contribution in [0, 0.1) is 12.3 Å². The molecule has 2 N–H and O–H groups in total. The largest absolute Gasteiger partial charge is 0.378 e. The minimum Gasteiger partial charge on any atom is -0.378 e. The van der Waals surface area contributed by atoms with E-state index < -0.39 is 40.2 Å². The first kappa shape index (κ1) is 25.2. The van der Waals surface area contributed by atoms with Crippen molar-refractivity contribution in [3.05, 3.63) is 35.5 Å². The molecule has 4 fully saturated rings. The highest BCUT2D eigenvalue weighted by molar-refractivity contribution is 7.93. The predicted molar refractivity (Wildman–Crippen MR) is 139 cm³/mol. The molecular formula is C25H30F2N6O4S. The maximum absolute atomic E-state index is 13.5. The summed E-state index contributed by atoms with van der Waals surface area (Å²) in [6.07, 6.45) is 4.52. The van der Waals surface area contributed by atoms with Crippen LogP contribution in [0.4, 0.5) is 31.9 Å². The quantitative estimate of drug-likeness (QED) is 0.543. The molecule has 4 aliphatic rings. The molecule has 3 aliphatic heterocycles. The van der Waals surface area contributed by atoms with E-state index in [0.29, 0.717) is 28.0 Å². The van der Waals surface area contributed by atoms with E-state index in [-0.39, 0.29) is 25.0 Å². The standard InChI is InChI=1S/C25H30F2N6O4S/c1-16-10-21(30-23(28-16)33-14-25(26,27)15-33)29-22(34)19-3-2-17(31-38(35,36)18-12-37-13-18)11-20(19)32-8-6-24(4-5-24)7-9-32/h2-3,10-11,18,31H,4-9,12-15H2,1H3,(H,28,29,30,34). The highest BCUT2D eigenvalue weighted by Crippen LogP contribution is 2.54. The Hall–Kier alpha value is -3.06. The van der Waals surface area contributed by atoms with Crippen molar-refractivity contribution in [1.82, 2.24) is 9.97 Å². The van der Waals surface area contributed by atoms with Crippen LogP contribution in [0.3, 0.4) is 0 Å². The second-order valence-corrected chi connectivity index (χ2v) is 12.8. The van der Waals surface area contributed by atoms with Gasteiger partial charge in [0.25, 0.3) is 11.8 Å². The van der Waals surface area contributed by atoms with Crippen LogP contribution in [0.25, 0.3) is 0 Å². The number of hydrogen-bond acceptors (Lipinski definition) is 8. The van der Waals surface area contributed by atoms with Crippen molar-refractivity contribution in [2.24, 2.45) is 5.41 Å². The lowest BCUT2D eigenvalue weighted by molar-refractivity contribution is -0.0271. The summed E-state index contributed by atoms with van der Waals surface area (Å²) in [6.45, 7) is 2.64. The molecule has 10 nitrogen and oxygen atoms in total. The van der Waals surface area contributed by atoms with Crippen molar-refractivity contribution in [3.8, 4) is 0 Å². The normalized spacial score (nSPS) is 22.0. The van der Waals surface area contributed by atoms with Gasteiger partial charge >= 0.3 is 0 Å². The number of piperidine rings is 1. The second-order valence-electron chi connectivity index (χ2n) is 10.9. The Kier molecular flexibility index (Phi) is 5.98. The third-order valence-corrected chi connectivity index (χ3v) is 9.55. The Labute approximate surface area is 219 Å². The maximum atomic E-state index is 13.5. The molecule has 0 atom stereocenters. The van der Waals surface area contributed by atoms with Crippen LogP contribution in [0.1, 0.15) is 41.7 Å². The Bertz CT molecular complexity index is 1360. The lowest BCUT2D eigenvalue weighted by Crippen LogP contribution is -2.57. The van der Waals surface area contributed by atoms with E-state index in [1.54, 1.807) is 31.2 Å². The number of benzene rings is 1. The summed E-state index contributed by atoms with van der Waals surface area (Å²) in [5, 5.41) is 2.19. The van der Waals surface area contributed by atoms with Gasteiger partial charge in [-0.25, -0.2) is 22.2 Å². The number of nitrogens with zero attached hydrogens (tertiary/aromatic N) is 4. The van der Waals surface area contributed by atoms with Gasteiger partial charge in [-0.05, 0) is 56.2 Å². The zero-order valence-corrected chi connectivity index (χ0v) is 21.9. The van der Waals surface area contributed by atoms with Gasteiger partial charge in [-0.3, -0.25) is 9.52 Å². The molecular weight excluding hydrogens is 518 g/mol. The number of amides is 1. The van der Waals surface area contributed by atoms with E-state index in [4.69, 9.17) is 4.74 Å². The molecule has 6 rings (SSSR count). The Morgan fingerprint density at radius 3 is 2.37 bits per heavy atom. The number of sulfonamides is 1. The number of carbonyl (C=O) groups excluding carboxylic acids is 1. The molecule has 1 aliphatic carbocycles. The third kappa shape index (κ3) is 5.00. The molecule has 2 aromatic rings. The van der Waals surface area contributed by atoms with E-state index in [1.165, 1.54) is 17.7 Å². The van der Waals surface area contributed by atoms with Gasteiger partial charge in [0.05, 0.1) is 43.2 Å². The summed E-state index contributed by atoms with van der Waals surface area (Å²) in [7, 11) is -3.61. The molecule has 1 aromatic heterocycles. The summed E-state index contributed by atoms with van der Waals surface area (Å²) in [6, 6.07) is 6.46. The van der Waals surface area contributed by atoms with Crippen LogP contribution in [-0.4, -0.2) is 74.9 Å². The highest BCUT2D eigenvalue weighted by atomic mass is 32.2. The van der Waals surface area contributed by atoms with Gasteiger partial charge < -0.3 is 19.9 Å². The van der Waals surface area contributed by atoms with Crippen molar-refractivity contribution >= 4 is 39.1 Å². The van der Waals surface area contributed by atoms with E-state index in [0.717, 1.165) is 25.9 Å². The number of aryl methyl sites for hydroxylation is 1. The molecule has 0 radical (unpaired) electrons. The number of aromatic nitrogens is 2. The third-order valence-electron chi connectivity index (χ3n) is 7.88. The minimum atomic E-state index is -3.61. The van der Waals surface area contributed by atoms with Crippen LogP contribution in [0.15, 0.2) is 24.3 Å². The number of anilines is 4. The molecule has 0 unspecified atom stereocenters. The number of ether oxygens (including phenoxy) is 1. The first-order valence-corrected chi connectivity index (χ1v) is 14.3. The maximum Gasteiger partial charge on any atom is 0.282 e. The van der Waals surface area contributed by atoms with Gasteiger partial charge in [-0.15, -0.1) is 0 Å². The molecule has 1 saturated carbocycles. The van der Waals surface area contributed by atoms with Gasteiger partial charge in [0.2, 0.25) is 16.0 Å². The lowest BCUT2D eigenvalue weighted by atomic mass is 9.93. The Morgan fingerprint density at radius 1 is 1.05 bits per heavy atom. The molecule has 0 bridgehead atoms. The summed E-state index contributed by atoms with van der Waals surface area (Å²) in [5.41, 5.74) is 2.35. The molecule has 38 heavy (non-hydrogen) atoms. The summed E-state index contributed by atoms with van der Waals surface area (Å²) in [5.74, 6) is -2.84. The van der Waals surface area contributed by atoms with Gasteiger partial charge in [0, 0.05) is 24.8 Å². The molecule has 204 valence electrons. The monoisotopic (exact) mass is 548 g/mol. The Morgan fingerprint density at radius 2 is 1.76 bits per heavy atom. The lowest BCUT2D eigenvalue weighted by Gasteiger charge is -2.38. The number of carbonyl (C=O) groups is 1. The van der Waals surface area contributed by atoms with E-state index in [2.05, 4.69) is 24.9 Å². The summed E-state index contributed by atoms with van der Waals surface area (Å²) >= 11 is 0. The van der Waals surface area contributed by atoms with Crippen LogP contribution in [0.5, 0.6) is 0 Å². The van der Waals surface area contributed by atoms with Crippen LogP contribution in [0.2, 0.25) is 0 Å². The minimum absolute atomic E-state index is 0.141. The van der Waals surface area contributed by atoms with E-state index in [1.807, 2.05) is 0 Å². The van der Waals surface area contributed by atoms with Crippen molar-refractivity contribution in [1.29, 1.82) is 0 Å². The number of halogens is 2. The zero-order chi connectivity index (χ0) is 26.7. The number of hydrogen-bond donors (Lipinski definition) is 2. The van der Waals surface area contributed by atoms with Crippen molar-refractivity contribution in [2.75, 3.05) is 59.2 Å². The van der Waals surface area contributed by atoms with Gasteiger partial charge in [0.15, 0.2) is 0 Å². The smallest absolute Gasteiger partial charge is 0.282 e. The average molecular weight is 549 g/mol. The zero-order valence-electron chi connectivity index (χ0n) is 21.0. The van der Waals surface area contributed by atoms with Gasteiger partial charge in [-0.2, -0.15) is 4.98 Å². The molecule has 1 spiro atoms. The number of rotatable bonds is 7. The molecule has 1 aromatic carbocycles.